The number of hydrogen-bond acceptors (Lipinski definition) is 9. The highest BCUT2D eigenvalue weighted by atomic mass is 16.5. The molecule has 37 heavy (non-hydrogen) atoms. The van der Waals surface area contributed by atoms with Crippen LogP contribution in [-0.2, 0) is 11.3 Å². The molecular formula is C27H33N7O3. The summed E-state index contributed by atoms with van der Waals surface area (Å²) in [4.78, 5) is 31.3. The fourth-order valence-corrected chi connectivity index (χ4v) is 3.86. The Bertz CT molecular complexity index is 1400. The summed E-state index contributed by atoms with van der Waals surface area (Å²) in [5.74, 6) is 1.62. The Hall–Kier alpha value is -4.05. The first-order valence-corrected chi connectivity index (χ1v) is 12.4. The number of methoxy groups -OCH3 is 1. The van der Waals surface area contributed by atoms with E-state index in [1.807, 2.05) is 38.1 Å². The van der Waals surface area contributed by atoms with Crippen molar-refractivity contribution in [3.63, 3.8) is 0 Å². The molecule has 0 amide bonds. The lowest BCUT2D eigenvalue weighted by Crippen LogP contribution is -2.29. The van der Waals surface area contributed by atoms with Crippen LogP contribution in [0.4, 0.5) is 11.6 Å². The summed E-state index contributed by atoms with van der Waals surface area (Å²) in [6.45, 7) is 8.53. The van der Waals surface area contributed by atoms with Crippen LogP contribution in [0.3, 0.4) is 0 Å². The normalized spacial score (nSPS) is 11.0. The van der Waals surface area contributed by atoms with Gasteiger partial charge in [0, 0.05) is 61.5 Å². The molecule has 0 aliphatic heterocycles. The first-order valence-electron chi connectivity index (χ1n) is 12.4. The van der Waals surface area contributed by atoms with E-state index >= 15 is 0 Å². The lowest BCUT2D eigenvalue weighted by molar-refractivity contribution is 0.127. The van der Waals surface area contributed by atoms with Crippen molar-refractivity contribution in [2.24, 2.45) is 0 Å². The maximum absolute atomic E-state index is 13.4. The molecule has 0 aliphatic carbocycles. The lowest BCUT2D eigenvalue weighted by atomic mass is 10.1. The second kappa shape index (κ2) is 12.3. The number of nitrogens with zero attached hydrogens (tertiary/aromatic N) is 5. The highest BCUT2D eigenvalue weighted by Crippen LogP contribution is 2.23. The van der Waals surface area contributed by atoms with Gasteiger partial charge in [-0.1, -0.05) is 13.0 Å². The van der Waals surface area contributed by atoms with Crippen LogP contribution in [0.15, 0.2) is 47.5 Å². The quantitative estimate of drug-likeness (QED) is 0.278. The van der Waals surface area contributed by atoms with E-state index in [-0.39, 0.29) is 11.4 Å². The standard InChI is InChI=1S/C27H33N7O3/c1-5-13-37-14-12-34-22-15-21(20-8-9-23(36-4)30-16-20)17-31-25(22)33-26(27(34)35)29-11-10-28-24-18(2)6-7-19(3)32-24/h6-9,15-17H,5,10-14H2,1-4H3,(H,28,32)(H,29,31,33). The molecule has 2 N–H and O–H groups in total. The molecule has 0 radical (unpaired) electrons. The van der Waals surface area contributed by atoms with E-state index in [1.165, 1.54) is 0 Å². The minimum Gasteiger partial charge on any atom is -0.481 e. The summed E-state index contributed by atoms with van der Waals surface area (Å²) in [6, 6.07) is 9.62. The van der Waals surface area contributed by atoms with Crippen molar-refractivity contribution < 1.29 is 9.47 Å². The number of ether oxygens (including phenoxy) is 2. The molecule has 0 spiro atoms. The number of rotatable bonds is 12. The first-order chi connectivity index (χ1) is 18.0. The Labute approximate surface area is 216 Å². The van der Waals surface area contributed by atoms with Crippen LogP contribution in [0.2, 0.25) is 0 Å². The van der Waals surface area contributed by atoms with Gasteiger partial charge in [-0.15, -0.1) is 0 Å². The van der Waals surface area contributed by atoms with Gasteiger partial charge in [0.2, 0.25) is 5.88 Å². The Balaban J connectivity index is 1.58. The monoisotopic (exact) mass is 503 g/mol. The zero-order valence-corrected chi connectivity index (χ0v) is 21.7. The van der Waals surface area contributed by atoms with Crippen LogP contribution in [0.5, 0.6) is 5.88 Å². The van der Waals surface area contributed by atoms with Crippen molar-refractivity contribution in [3.8, 4) is 17.0 Å². The van der Waals surface area contributed by atoms with Crippen LogP contribution < -0.4 is 20.9 Å². The van der Waals surface area contributed by atoms with Gasteiger partial charge >= 0.3 is 0 Å². The van der Waals surface area contributed by atoms with Gasteiger partial charge in [0.05, 0.1) is 19.2 Å². The molecular weight excluding hydrogens is 470 g/mol. The molecule has 4 aromatic heterocycles. The van der Waals surface area contributed by atoms with E-state index in [2.05, 4.69) is 37.5 Å². The lowest BCUT2D eigenvalue weighted by Gasteiger charge is -2.14. The van der Waals surface area contributed by atoms with Gasteiger partial charge in [-0.3, -0.25) is 9.36 Å². The summed E-state index contributed by atoms with van der Waals surface area (Å²) < 4.78 is 12.5. The highest BCUT2D eigenvalue weighted by molar-refractivity contribution is 5.78. The fourth-order valence-electron chi connectivity index (χ4n) is 3.86. The molecule has 10 heteroatoms. The van der Waals surface area contributed by atoms with Crippen molar-refractivity contribution in [2.75, 3.05) is 44.0 Å². The molecule has 4 heterocycles. The van der Waals surface area contributed by atoms with Crippen LogP contribution >= 0.6 is 0 Å². The van der Waals surface area contributed by atoms with E-state index in [0.29, 0.717) is 49.9 Å². The maximum Gasteiger partial charge on any atom is 0.293 e. The molecule has 0 fully saturated rings. The predicted molar refractivity (Wildman–Crippen MR) is 145 cm³/mol. The topological polar surface area (TPSA) is 116 Å². The van der Waals surface area contributed by atoms with Gasteiger partial charge in [-0.05, 0) is 44.0 Å². The minimum absolute atomic E-state index is 0.218. The Morgan fingerprint density at radius 3 is 2.43 bits per heavy atom. The molecule has 0 saturated heterocycles. The largest absolute Gasteiger partial charge is 0.481 e. The number of nitrogens with one attached hydrogen (secondary N) is 2. The van der Waals surface area contributed by atoms with Crippen LogP contribution in [0.1, 0.15) is 24.6 Å². The molecule has 0 saturated carbocycles. The first kappa shape index (κ1) is 26.0. The summed E-state index contributed by atoms with van der Waals surface area (Å²) in [5.41, 5.74) is 4.61. The molecule has 194 valence electrons. The minimum atomic E-state index is -0.218. The van der Waals surface area contributed by atoms with Gasteiger partial charge in [-0.25, -0.2) is 19.9 Å². The number of anilines is 2. The van der Waals surface area contributed by atoms with Gasteiger partial charge in [-0.2, -0.15) is 0 Å². The number of hydrogen-bond donors (Lipinski definition) is 2. The summed E-state index contributed by atoms with van der Waals surface area (Å²) in [7, 11) is 1.58. The van der Waals surface area contributed by atoms with E-state index in [9.17, 15) is 4.79 Å². The van der Waals surface area contributed by atoms with Gasteiger partial charge in [0.15, 0.2) is 11.5 Å². The Kier molecular flexibility index (Phi) is 8.63. The Morgan fingerprint density at radius 1 is 0.919 bits per heavy atom. The second-order valence-electron chi connectivity index (χ2n) is 8.66. The van der Waals surface area contributed by atoms with Gasteiger partial charge < -0.3 is 20.1 Å². The summed E-state index contributed by atoms with van der Waals surface area (Å²) >= 11 is 0. The smallest absolute Gasteiger partial charge is 0.293 e. The van der Waals surface area contributed by atoms with Crippen molar-refractivity contribution >= 4 is 22.8 Å². The number of aryl methyl sites for hydroxylation is 2. The van der Waals surface area contributed by atoms with Gasteiger partial charge in [0.1, 0.15) is 5.82 Å². The third-order valence-electron chi connectivity index (χ3n) is 5.84. The predicted octanol–water partition coefficient (Wildman–Crippen LogP) is 3.82. The summed E-state index contributed by atoms with van der Waals surface area (Å²) in [6.07, 6.45) is 4.37. The van der Waals surface area contributed by atoms with E-state index < -0.39 is 0 Å². The molecule has 4 aromatic rings. The van der Waals surface area contributed by atoms with Crippen LogP contribution in [0.25, 0.3) is 22.3 Å². The molecule has 0 aromatic carbocycles. The van der Waals surface area contributed by atoms with Crippen LogP contribution in [0, 0.1) is 13.8 Å². The van der Waals surface area contributed by atoms with Gasteiger partial charge in [0.25, 0.3) is 5.56 Å². The molecule has 0 bridgehead atoms. The number of aromatic nitrogens is 5. The van der Waals surface area contributed by atoms with Crippen molar-refractivity contribution in [1.29, 1.82) is 0 Å². The van der Waals surface area contributed by atoms with Crippen molar-refractivity contribution in [1.82, 2.24) is 24.5 Å². The molecule has 0 aliphatic rings. The zero-order chi connectivity index (χ0) is 26.2. The molecule has 10 nitrogen and oxygen atoms in total. The third kappa shape index (κ3) is 6.39. The second-order valence-corrected chi connectivity index (χ2v) is 8.66. The fraction of sp³-hybridized carbons (Fsp3) is 0.370. The summed E-state index contributed by atoms with van der Waals surface area (Å²) in [5, 5.41) is 6.49. The van der Waals surface area contributed by atoms with E-state index in [1.54, 1.807) is 30.1 Å². The number of pyridine rings is 3. The maximum atomic E-state index is 13.4. The molecule has 0 atom stereocenters. The molecule has 0 unspecified atom stereocenters. The third-order valence-corrected chi connectivity index (χ3v) is 5.84. The zero-order valence-electron chi connectivity index (χ0n) is 21.7. The van der Waals surface area contributed by atoms with Crippen molar-refractivity contribution in [3.05, 3.63) is 64.3 Å². The number of fused-ring (bicyclic) bond motifs is 1. The van der Waals surface area contributed by atoms with Crippen LogP contribution in [-0.4, -0.2) is 57.9 Å². The van der Waals surface area contributed by atoms with Crippen molar-refractivity contribution in [2.45, 2.75) is 33.7 Å². The van der Waals surface area contributed by atoms with E-state index in [4.69, 9.17) is 9.47 Å². The molecule has 4 rings (SSSR count). The SMILES string of the molecule is CCCOCCn1c(=O)c(NCCNc2nc(C)ccc2C)nc2ncc(-c3ccc(OC)nc3)cc21. The average molecular weight is 504 g/mol. The average Bonchev–Trinajstić information content (AvgIpc) is 2.92. The van der Waals surface area contributed by atoms with E-state index in [0.717, 1.165) is 34.6 Å². The Morgan fingerprint density at radius 2 is 1.70 bits per heavy atom. The highest BCUT2D eigenvalue weighted by Gasteiger charge is 2.14.